The molecule has 0 spiro atoms. The molecule has 0 N–H and O–H groups in total. The number of hydrogen-bond donors (Lipinski definition) is 0. The highest BCUT2D eigenvalue weighted by atomic mass is 35.5. The summed E-state index contributed by atoms with van der Waals surface area (Å²) in [4.78, 5) is 4.07. The van der Waals surface area contributed by atoms with Crippen molar-refractivity contribution >= 4 is 11.6 Å². The van der Waals surface area contributed by atoms with Gasteiger partial charge >= 0.3 is 6.18 Å². The molecule has 0 unspecified atom stereocenters. The lowest BCUT2D eigenvalue weighted by atomic mass is 10.1. The standard InChI is InChI=1S/C15H11ClF3NO/c1-2-7-21-14-9-11(15(17,18)19)8-13(20-14)10-3-5-12(16)6-4-10/h2-6,8-9H,1,7H2. The van der Waals surface area contributed by atoms with Crippen molar-refractivity contribution in [2.75, 3.05) is 6.61 Å². The maximum atomic E-state index is 12.9. The van der Waals surface area contributed by atoms with Crippen LogP contribution in [-0.2, 0) is 6.18 Å². The van der Waals surface area contributed by atoms with Gasteiger partial charge in [-0.3, -0.25) is 0 Å². The Hall–Kier alpha value is -2.01. The molecule has 21 heavy (non-hydrogen) atoms. The molecule has 6 heteroatoms. The van der Waals surface area contributed by atoms with E-state index in [9.17, 15) is 13.2 Å². The summed E-state index contributed by atoms with van der Waals surface area (Å²) in [6.07, 6.45) is -3.04. The van der Waals surface area contributed by atoms with E-state index in [4.69, 9.17) is 16.3 Å². The highest BCUT2D eigenvalue weighted by Crippen LogP contribution is 2.34. The third-order valence-electron chi connectivity index (χ3n) is 2.62. The van der Waals surface area contributed by atoms with E-state index < -0.39 is 11.7 Å². The molecule has 0 radical (unpaired) electrons. The number of nitrogens with zero attached hydrogens (tertiary/aromatic N) is 1. The predicted octanol–water partition coefficient (Wildman–Crippen LogP) is 4.99. The van der Waals surface area contributed by atoms with Crippen molar-refractivity contribution < 1.29 is 17.9 Å². The van der Waals surface area contributed by atoms with Gasteiger partial charge in [0.05, 0.1) is 11.3 Å². The number of ether oxygens (including phenoxy) is 1. The molecule has 0 aliphatic carbocycles. The molecule has 2 rings (SSSR count). The van der Waals surface area contributed by atoms with Gasteiger partial charge in [0.25, 0.3) is 0 Å². The van der Waals surface area contributed by atoms with E-state index in [1.807, 2.05) is 0 Å². The van der Waals surface area contributed by atoms with Gasteiger partial charge in [-0.2, -0.15) is 13.2 Å². The van der Waals surface area contributed by atoms with Gasteiger partial charge in [0, 0.05) is 16.7 Å². The first-order valence-electron chi connectivity index (χ1n) is 5.99. The van der Waals surface area contributed by atoms with Crippen LogP contribution in [0.3, 0.4) is 0 Å². The lowest BCUT2D eigenvalue weighted by Crippen LogP contribution is -2.07. The number of aromatic nitrogens is 1. The first kappa shape index (κ1) is 15.4. The lowest BCUT2D eigenvalue weighted by molar-refractivity contribution is -0.137. The molecule has 1 heterocycles. The minimum Gasteiger partial charge on any atom is -0.473 e. The van der Waals surface area contributed by atoms with Crippen molar-refractivity contribution in [2.45, 2.75) is 6.18 Å². The van der Waals surface area contributed by atoms with Gasteiger partial charge in [-0.25, -0.2) is 4.98 Å². The summed E-state index contributed by atoms with van der Waals surface area (Å²) in [5, 5.41) is 0.494. The average molecular weight is 314 g/mol. The van der Waals surface area contributed by atoms with E-state index in [-0.39, 0.29) is 18.2 Å². The van der Waals surface area contributed by atoms with Crippen molar-refractivity contribution in [3.8, 4) is 17.1 Å². The van der Waals surface area contributed by atoms with Gasteiger partial charge in [0.1, 0.15) is 6.61 Å². The Balaban J connectivity index is 2.48. The van der Waals surface area contributed by atoms with Crippen molar-refractivity contribution in [1.82, 2.24) is 4.98 Å². The number of hydrogen-bond acceptors (Lipinski definition) is 2. The number of halogens is 4. The molecule has 0 aliphatic rings. The fourth-order valence-electron chi connectivity index (χ4n) is 1.66. The van der Waals surface area contributed by atoms with Gasteiger partial charge < -0.3 is 4.74 Å². The van der Waals surface area contributed by atoms with Crippen LogP contribution in [-0.4, -0.2) is 11.6 Å². The third kappa shape index (κ3) is 3.98. The fraction of sp³-hybridized carbons (Fsp3) is 0.133. The summed E-state index contributed by atoms with van der Waals surface area (Å²) in [6, 6.07) is 8.21. The van der Waals surface area contributed by atoms with Crippen molar-refractivity contribution in [3.63, 3.8) is 0 Å². The van der Waals surface area contributed by atoms with Gasteiger partial charge in [-0.15, -0.1) is 0 Å². The Morgan fingerprint density at radius 3 is 2.43 bits per heavy atom. The van der Waals surface area contributed by atoms with Crippen LogP contribution in [0.1, 0.15) is 5.56 Å². The van der Waals surface area contributed by atoms with Crippen LogP contribution in [0.5, 0.6) is 5.88 Å². The van der Waals surface area contributed by atoms with Gasteiger partial charge in [0.2, 0.25) is 5.88 Å². The topological polar surface area (TPSA) is 22.1 Å². The first-order chi connectivity index (χ1) is 9.90. The molecule has 0 atom stereocenters. The van der Waals surface area contributed by atoms with Crippen LogP contribution in [0, 0.1) is 0 Å². The lowest BCUT2D eigenvalue weighted by Gasteiger charge is -2.12. The minimum absolute atomic E-state index is 0.0777. The summed E-state index contributed by atoms with van der Waals surface area (Å²) in [5.74, 6) is -0.102. The van der Waals surface area contributed by atoms with Crippen molar-refractivity contribution in [1.29, 1.82) is 0 Å². The van der Waals surface area contributed by atoms with E-state index in [1.54, 1.807) is 24.3 Å². The van der Waals surface area contributed by atoms with Crippen LogP contribution in [0.4, 0.5) is 13.2 Å². The van der Waals surface area contributed by atoms with Gasteiger partial charge in [-0.05, 0) is 18.2 Å². The molecule has 2 nitrogen and oxygen atoms in total. The van der Waals surface area contributed by atoms with E-state index in [0.29, 0.717) is 10.6 Å². The Labute approximate surface area is 124 Å². The summed E-state index contributed by atoms with van der Waals surface area (Å²) in [5.41, 5.74) is -0.129. The molecular weight excluding hydrogens is 303 g/mol. The van der Waals surface area contributed by atoms with E-state index in [0.717, 1.165) is 12.1 Å². The SMILES string of the molecule is C=CCOc1cc(C(F)(F)F)cc(-c2ccc(Cl)cc2)n1. The molecule has 0 saturated carbocycles. The zero-order valence-corrected chi connectivity index (χ0v) is 11.6. The Kier molecular flexibility index (Phi) is 4.53. The monoisotopic (exact) mass is 313 g/mol. The number of benzene rings is 1. The fourth-order valence-corrected chi connectivity index (χ4v) is 1.78. The second-order valence-corrected chi connectivity index (χ2v) is 4.62. The number of pyridine rings is 1. The second-order valence-electron chi connectivity index (χ2n) is 4.18. The zero-order chi connectivity index (χ0) is 15.5. The quantitative estimate of drug-likeness (QED) is 0.742. The Morgan fingerprint density at radius 2 is 1.86 bits per heavy atom. The highest BCUT2D eigenvalue weighted by Gasteiger charge is 2.32. The van der Waals surface area contributed by atoms with Gasteiger partial charge in [0.15, 0.2) is 0 Å². The minimum atomic E-state index is -4.48. The molecule has 0 saturated heterocycles. The number of alkyl halides is 3. The molecule has 0 fully saturated rings. The summed E-state index contributed by atoms with van der Waals surface area (Å²) >= 11 is 5.77. The normalized spacial score (nSPS) is 11.2. The maximum absolute atomic E-state index is 12.9. The summed E-state index contributed by atoms with van der Waals surface area (Å²) in [6.45, 7) is 3.53. The second kappa shape index (κ2) is 6.18. The van der Waals surface area contributed by atoms with Crippen LogP contribution in [0.25, 0.3) is 11.3 Å². The van der Waals surface area contributed by atoms with E-state index in [2.05, 4.69) is 11.6 Å². The molecule has 0 aliphatic heterocycles. The Morgan fingerprint density at radius 1 is 1.19 bits per heavy atom. The summed E-state index contributed by atoms with van der Waals surface area (Å²) < 4.78 is 43.9. The van der Waals surface area contributed by atoms with E-state index in [1.165, 1.54) is 6.08 Å². The predicted molar refractivity (Wildman–Crippen MR) is 75.4 cm³/mol. The van der Waals surface area contributed by atoms with Crippen LogP contribution < -0.4 is 4.74 Å². The van der Waals surface area contributed by atoms with Crippen LogP contribution in [0.15, 0.2) is 49.1 Å². The maximum Gasteiger partial charge on any atom is 0.416 e. The highest BCUT2D eigenvalue weighted by molar-refractivity contribution is 6.30. The van der Waals surface area contributed by atoms with Gasteiger partial charge in [-0.1, -0.05) is 36.4 Å². The molecule has 1 aromatic heterocycles. The molecule has 110 valence electrons. The van der Waals surface area contributed by atoms with Crippen molar-refractivity contribution in [3.05, 3.63) is 59.6 Å². The smallest absolute Gasteiger partial charge is 0.416 e. The van der Waals surface area contributed by atoms with E-state index >= 15 is 0 Å². The number of rotatable bonds is 4. The molecule has 0 bridgehead atoms. The molecular formula is C15H11ClF3NO. The third-order valence-corrected chi connectivity index (χ3v) is 2.87. The molecule has 0 amide bonds. The van der Waals surface area contributed by atoms with Crippen LogP contribution in [0.2, 0.25) is 5.02 Å². The Bertz CT molecular complexity index is 638. The first-order valence-corrected chi connectivity index (χ1v) is 6.37. The van der Waals surface area contributed by atoms with Crippen molar-refractivity contribution in [2.24, 2.45) is 0 Å². The zero-order valence-electron chi connectivity index (χ0n) is 10.8. The molecule has 1 aromatic carbocycles. The van der Waals surface area contributed by atoms with Crippen LogP contribution >= 0.6 is 11.6 Å². The summed E-state index contributed by atoms with van der Waals surface area (Å²) in [7, 11) is 0. The molecule has 2 aromatic rings. The average Bonchev–Trinajstić information content (AvgIpc) is 2.44. The largest absolute Gasteiger partial charge is 0.473 e.